The Bertz CT molecular complexity index is 286. The molecule has 1 aliphatic rings. The van der Waals surface area contributed by atoms with E-state index in [4.69, 9.17) is 0 Å². The topological polar surface area (TPSA) is 33.2 Å². The normalized spacial score (nSPS) is 23.6. The molecular formula is C10H14N2OS. The minimum Gasteiger partial charge on any atom is -0.303 e. The number of thiazole rings is 1. The predicted molar refractivity (Wildman–Crippen MR) is 56.2 cm³/mol. The van der Waals surface area contributed by atoms with E-state index in [1.807, 2.05) is 5.51 Å². The Hall–Kier alpha value is -0.740. The molecule has 1 saturated heterocycles. The summed E-state index contributed by atoms with van der Waals surface area (Å²) in [4.78, 5) is 17.2. The third-order valence-electron chi connectivity index (χ3n) is 2.60. The van der Waals surface area contributed by atoms with Gasteiger partial charge in [-0.3, -0.25) is 4.90 Å². The lowest BCUT2D eigenvalue weighted by atomic mass is 10.00. The maximum absolute atomic E-state index is 10.7. The average molecular weight is 210 g/mol. The SMILES string of the molecule is O=CC1CCCN(Cc2cscn2)C1. The first kappa shape index (κ1) is 9.80. The van der Waals surface area contributed by atoms with E-state index in [-0.39, 0.29) is 5.92 Å². The van der Waals surface area contributed by atoms with Crippen molar-refractivity contribution in [2.45, 2.75) is 19.4 Å². The molecule has 1 fully saturated rings. The second kappa shape index (κ2) is 4.66. The van der Waals surface area contributed by atoms with Crippen molar-refractivity contribution in [3.05, 3.63) is 16.6 Å². The van der Waals surface area contributed by atoms with Crippen LogP contribution in [0, 0.1) is 5.92 Å². The number of piperidine rings is 1. The predicted octanol–water partition coefficient (Wildman–Crippen LogP) is 1.55. The first-order valence-corrected chi connectivity index (χ1v) is 5.87. The molecule has 0 N–H and O–H groups in total. The molecule has 14 heavy (non-hydrogen) atoms. The van der Waals surface area contributed by atoms with Gasteiger partial charge in [-0.25, -0.2) is 4.98 Å². The highest BCUT2D eigenvalue weighted by Crippen LogP contribution is 2.16. The second-order valence-corrected chi connectivity index (χ2v) is 4.47. The van der Waals surface area contributed by atoms with Crippen LogP contribution in [0.5, 0.6) is 0 Å². The molecule has 3 nitrogen and oxygen atoms in total. The molecule has 0 bridgehead atoms. The molecule has 0 radical (unpaired) electrons. The number of hydrogen-bond acceptors (Lipinski definition) is 4. The number of likely N-dealkylation sites (tertiary alicyclic amines) is 1. The lowest BCUT2D eigenvalue weighted by Gasteiger charge is -2.29. The fraction of sp³-hybridized carbons (Fsp3) is 0.600. The molecule has 1 aliphatic heterocycles. The minimum atomic E-state index is 0.238. The smallest absolute Gasteiger partial charge is 0.124 e. The summed E-state index contributed by atoms with van der Waals surface area (Å²) >= 11 is 1.63. The number of hydrogen-bond donors (Lipinski definition) is 0. The van der Waals surface area contributed by atoms with Crippen LogP contribution >= 0.6 is 11.3 Å². The van der Waals surface area contributed by atoms with Crippen molar-refractivity contribution in [1.29, 1.82) is 0 Å². The molecule has 0 amide bonds. The van der Waals surface area contributed by atoms with E-state index in [9.17, 15) is 4.79 Å². The van der Waals surface area contributed by atoms with Gasteiger partial charge in [0.05, 0.1) is 11.2 Å². The van der Waals surface area contributed by atoms with Crippen molar-refractivity contribution in [2.24, 2.45) is 5.92 Å². The van der Waals surface area contributed by atoms with Gasteiger partial charge < -0.3 is 4.79 Å². The van der Waals surface area contributed by atoms with Crippen molar-refractivity contribution in [3.63, 3.8) is 0 Å². The van der Waals surface area contributed by atoms with E-state index in [1.165, 1.54) is 0 Å². The first-order chi connectivity index (χ1) is 6.88. The van der Waals surface area contributed by atoms with Gasteiger partial charge in [-0.1, -0.05) is 0 Å². The molecule has 2 heterocycles. The number of carbonyl (C=O) groups is 1. The summed E-state index contributed by atoms with van der Waals surface area (Å²) in [5.74, 6) is 0.238. The maximum Gasteiger partial charge on any atom is 0.124 e. The van der Waals surface area contributed by atoms with Crippen molar-refractivity contribution in [3.8, 4) is 0 Å². The summed E-state index contributed by atoms with van der Waals surface area (Å²) in [5.41, 5.74) is 2.98. The highest BCUT2D eigenvalue weighted by Gasteiger charge is 2.19. The summed E-state index contributed by atoms with van der Waals surface area (Å²) in [6.45, 7) is 2.90. The maximum atomic E-state index is 10.7. The van der Waals surface area contributed by atoms with E-state index in [0.717, 1.165) is 44.5 Å². The molecule has 1 atom stereocenters. The van der Waals surface area contributed by atoms with Crippen LogP contribution in [0.3, 0.4) is 0 Å². The molecule has 1 aromatic heterocycles. The largest absolute Gasteiger partial charge is 0.303 e. The lowest BCUT2D eigenvalue weighted by Crippen LogP contribution is -2.35. The van der Waals surface area contributed by atoms with E-state index >= 15 is 0 Å². The molecule has 0 aromatic carbocycles. The van der Waals surface area contributed by atoms with Gasteiger partial charge in [0.15, 0.2) is 0 Å². The van der Waals surface area contributed by atoms with Crippen molar-refractivity contribution in [1.82, 2.24) is 9.88 Å². The third kappa shape index (κ3) is 2.39. The summed E-state index contributed by atoms with van der Waals surface area (Å²) in [6, 6.07) is 0. The standard InChI is InChI=1S/C10H14N2OS/c13-6-9-2-1-3-12(4-9)5-10-7-14-8-11-10/h6-9H,1-5H2. The van der Waals surface area contributed by atoms with Crippen LogP contribution in [-0.4, -0.2) is 29.3 Å². The van der Waals surface area contributed by atoms with Gasteiger partial charge in [0.1, 0.15) is 6.29 Å². The van der Waals surface area contributed by atoms with E-state index in [2.05, 4.69) is 15.3 Å². The van der Waals surface area contributed by atoms with Crippen molar-refractivity contribution in [2.75, 3.05) is 13.1 Å². The second-order valence-electron chi connectivity index (χ2n) is 3.75. The Balaban J connectivity index is 1.89. The molecule has 2 rings (SSSR count). The Morgan fingerprint density at radius 2 is 2.64 bits per heavy atom. The number of rotatable bonds is 3. The van der Waals surface area contributed by atoms with Crippen LogP contribution in [0.1, 0.15) is 18.5 Å². The van der Waals surface area contributed by atoms with Crippen LogP contribution in [0.25, 0.3) is 0 Å². The zero-order valence-electron chi connectivity index (χ0n) is 8.06. The van der Waals surface area contributed by atoms with Gasteiger partial charge in [0.25, 0.3) is 0 Å². The number of aromatic nitrogens is 1. The molecule has 1 aromatic rings. The first-order valence-electron chi connectivity index (χ1n) is 4.93. The molecule has 0 spiro atoms. The minimum absolute atomic E-state index is 0.238. The van der Waals surface area contributed by atoms with E-state index in [0.29, 0.717) is 0 Å². The Labute approximate surface area is 87.8 Å². The highest BCUT2D eigenvalue weighted by atomic mass is 32.1. The summed E-state index contributed by atoms with van der Waals surface area (Å²) in [6.07, 6.45) is 3.28. The molecule has 1 unspecified atom stereocenters. The summed E-state index contributed by atoms with van der Waals surface area (Å²) in [5, 5.41) is 2.07. The monoisotopic (exact) mass is 210 g/mol. The van der Waals surface area contributed by atoms with Gasteiger partial charge >= 0.3 is 0 Å². The van der Waals surface area contributed by atoms with Gasteiger partial charge in [0.2, 0.25) is 0 Å². The zero-order chi connectivity index (χ0) is 9.80. The van der Waals surface area contributed by atoms with Crippen molar-refractivity contribution >= 4 is 17.6 Å². The summed E-state index contributed by atoms with van der Waals surface area (Å²) < 4.78 is 0. The number of carbonyl (C=O) groups excluding carboxylic acids is 1. The third-order valence-corrected chi connectivity index (χ3v) is 3.24. The molecule has 0 aliphatic carbocycles. The molecule has 0 saturated carbocycles. The zero-order valence-corrected chi connectivity index (χ0v) is 8.87. The summed E-state index contributed by atoms with van der Waals surface area (Å²) in [7, 11) is 0. The van der Waals surface area contributed by atoms with E-state index < -0.39 is 0 Å². The van der Waals surface area contributed by atoms with Crippen LogP contribution in [0.4, 0.5) is 0 Å². The van der Waals surface area contributed by atoms with Gasteiger partial charge in [0, 0.05) is 24.4 Å². The van der Waals surface area contributed by atoms with Crippen LogP contribution < -0.4 is 0 Å². The Morgan fingerprint density at radius 1 is 1.71 bits per heavy atom. The molecule has 4 heteroatoms. The molecule has 76 valence electrons. The lowest BCUT2D eigenvalue weighted by molar-refractivity contribution is -0.112. The Morgan fingerprint density at radius 3 is 3.36 bits per heavy atom. The van der Waals surface area contributed by atoms with Crippen LogP contribution in [0.2, 0.25) is 0 Å². The van der Waals surface area contributed by atoms with Gasteiger partial charge in [-0.15, -0.1) is 11.3 Å². The molecular weight excluding hydrogens is 196 g/mol. The van der Waals surface area contributed by atoms with Crippen LogP contribution in [-0.2, 0) is 11.3 Å². The quantitative estimate of drug-likeness (QED) is 0.710. The number of aldehydes is 1. The van der Waals surface area contributed by atoms with Gasteiger partial charge in [-0.05, 0) is 19.4 Å². The van der Waals surface area contributed by atoms with Gasteiger partial charge in [-0.2, -0.15) is 0 Å². The Kier molecular flexibility index (Phi) is 3.26. The van der Waals surface area contributed by atoms with Crippen LogP contribution in [0.15, 0.2) is 10.9 Å². The average Bonchev–Trinajstić information content (AvgIpc) is 2.71. The van der Waals surface area contributed by atoms with E-state index in [1.54, 1.807) is 11.3 Å². The highest BCUT2D eigenvalue weighted by molar-refractivity contribution is 7.07. The van der Waals surface area contributed by atoms with Crippen molar-refractivity contribution < 1.29 is 4.79 Å². The fourth-order valence-corrected chi connectivity index (χ4v) is 2.44. The fourth-order valence-electron chi connectivity index (χ4n) is 1.89. The number of nitrogens with zero attached hydrogens (tertiary/aromatic N) is 2.